The summed E-state index contributed by atoms with van der Waals surface area (Å²) in [6.45, 7) is 7.15. The Hall–Kier alpha value is -0.400. The molecule has 0 aromatic rings. The minimum Gasteiger partial charge on any atom is -0.211 e. The summed E-state index contributed by atoms with van der Waals surface area (Å²) in [5.74, 6) is 0. The third kappa shape index (κ3) is 4.48. The number of hydrogen-bond acceptors (Lipinski definition) is 0. The van der Waals surface area contributed by atoms with Crippen molar-refractivity contribution in [2.45, 2.75) is 33.1 Å². The van der Waals surface area contributed by atoms with Crippen LogP contribution in [0.5, 0.6) is 0 Å². The Morgan fingerprint density at radius 1 is 1.50 bits per heavy atom. The molecule has 0 atom stereocenters. The summed E-state index contributed by atoms with van der Waals surface area (Å²) < 4.78 is 23.6. The highest BCUT2D eigenvalue weighted by atomic mass is 19.3. The van der Waals surface area contributed by atoms with E-state index in [2.05, 4.69) is 6.58 Å². The van der Waals surface area contributed by atoms with Crippen molar-refractivity contribution in [1.82, 2.24) is 0 Å². The van der Waals surface area contributed by atoms with Gasteiger partial charge < -0.3 is 0 Å². The highest BCUT2D eigenvalue weighted by Crippen LogP contribution is 2.28. The first-order valence-electron chi connectivity index (χ1n) is 3.37. The first kappa shape index (κ1) is 9.60. The van der Waals surface area contributed by atoms with E-state index in [0.29, 0.717) is 6.42 Å². The molecule has 60 valence electrons. The van der Waals surface area contributed by atoms with E-state index in [1.54, 1.807) is 6.08 Å². The Morgan fingerprint density at radius 3 is 2.30 bits per heavy atom. The van der Waals surface area contributed by atoms with Gasteiger partial charge in [0.05, 0.1) is 0 Å². The molecule has 0 saturated heterocycles. The van der Waals surface area contributed by atoms with Crippen molar-refractivity contribution in [1.29, 1.82) is 0 Å². The molecule has 0 unspecified atom stereocenters. The summed E-state index contributed by atoms with van der Waals surface area (Å²) in [5.41, 5.74) is -0.296. The van der Waals surface area contributed by atoms with Crippen LogP contribution in [-0.2, 0) is 0 Å². The van der Waals surface area contributed by atoms with Crippen LogP contribution in [0.25, 0.3) is 0 Å². The highest BCUT2D eigenvalue weighted by molar-refractivity contribution is 4.79. The topological polar surface area (TPSA) is 0 Å². The van der Waals surface area contributed by atoms with Gasteiger partial charge in [-0.05, 0) is 11.8 Å². The van der Waals surface area contributed by atoms with Crippen molar-refractivity contribution >= 4 is 0 Å². The van der Waals surface area contributed by atoms with Gasteiger partial charge in [-0.1, -0.05) is 19.9 Å². The molecule has 0 aliphatic rings. The molecular weight excluding hydrogens is 134 g/mol. The predicted molar refractivity (Wildman–Crippen MR) is 39.2 cm³/mol. The standard InChI is InChI=1S/C8H14F2/c1-4-5-8(2,3)6-7(9)10/h4,7H,1,5-6H2,2-3H3. The molecule has 0 fully saturated rings. The SMILES string of the molecule is C=CCC(C)(C)CC(F)F. The molecule has 0 aromatic carbocycles. The summed E-state index contributed by atoms with van der Waals surface area (Å²) >= 11 is 0. The summed E-state index contributed by atoms with van der Waals surface area (Å²) in [5, 5.41) is 0. The average Bonchev–Trinajstić information content (AvgIpc) is 1.59. The average molecular weight is 148 g/mol. The van der Waals surface area contributed by atoms with Crippen molar-refractivity contribution < 1.29 is 8.78 Å². The number of allylic oxidation sites excluding steroid dienone is 1. The van der Waals surface area contributed by atoms with Crippen molar-refractivity contribution in [2.75, 3.05) is 0 Å². The van der Waals surface area contributed by atoms with Gasteiger partial charge in [-0.15, -0.1) is 6.58 Å². The number of halogens is 2. The van der Waals surface area contributed by atoms with Crippen LogP contribution in [0.1, 0.15) is 26.7 Å². The Kier molecular flexibility index (Phi) is 3.54. The van der Waals surface area contributed by atoms with Gasteiger partial charge in [0.2, 0.25) is 6.43 Å². The van der Waals surface area contributed by atoms with E-state index >= 15 is 0 Å². The quantitative estimate of drug-likeness (QED) is 0.537. The van der Waals surface area contributed by atoms with E-state index in [-0.39, 0.29) is 11.8 Å². The van der Waals surface area contributed by atoms with Crippen LogP contribution in [0.3, 0.4) is 0 Å². The minimum atomic E-state index is -2.20. The van der Waals surface area contributed by atoms with Gasteiger partial charge >= 0.3 is 0 Å². The lowest BCUT2D eigenvalue weighted by atomic mass is 9.86. The Bertz CT molecular complexity index is 106. The van der Waals surface area contributed by atoms with Crippen molar-refractivity contribution in [3.63, 3.8) is 0 Å². The number of rotatable bonds is 4. The fourth-order valence-corrected chi connectivity index (χ4v) is 0.892. The van der Waals surface area contributed by atoms with E-state index in [1.165, 1.54) is 0 Å². The van der Waals surface area contributed by atoms with Crippen LogP contribution in [0, 0.1) is 5.41 Å². The summed E-state index contributed by atoms with van der Waals surface area (Å²) in [6, 6.07) is 0. The zero-order chi connectivity index (χ0) is 8.20. The van der Waals surface area contributed by atoms with Crippen LogP contribution in [0.2, 0.25) is 0 Å². The molecule has 0 radical (unpaired) electrons. The molecule has 0 nitrogen and oxygen atoms in total. The smallest absolute Gasteiger partial charge is 0.211 e. The van der Waals surface area contributed by atoms with E-state index in [0.717, 1.165) is 0 Å². The van der Waals surface area contributed by atoms with Gasteiger partial charge in [0.1, 0.15) is 0 Å². The predicted octanol–water partition coefficient (Wildman–Crippen LogP) is 3.24. The lowest BCUT2D eigenvalue weighted by Crippen LogP contribution is -2.14. The maximum atomic E-state index is 11.8. The lowest BCUT2D eigenvalue weighted by Gasteiger charge is -2.21. The van der Waals surface area contributed by atoms with Crippen LogP contribution in [-0.4, -0.2) is 6.43 Å². The third-order valence-corrected chi connectivity index (χ3v) is 1.40. The second-order valence-electron chi connectivity index (χ2n) is 3.25. The maximum absolute atomic E-state index is 11.8. The fourth-order valence-electron chi connectivity index (χ4n) is 0.892. The van der Waals surface area contributed by atoms with Crippen molar-refractivity contribution in [2.24, 2.45) is 5.41 Å². The van der Waals surface area contributed by atoms with Gasteiger partial charge in [-0.25, -0.2) is 8.78 Å². The largest absolute Gasteiger partial charge is 0.239 e. The molecule has 0 spiro atoms. The molecule has 2 heteroatoms. The van der Waals surface area contributed by atoms with Gasteiger partial charge in [0.15, 0.2) is 0 Å². The third-order valence-electron chi connectivity index (χ3n) is 1.40. The summed E-state index contributed by atoms with van der Waals surface area (Å²) in [4.78, 5) is 0. The Morgan fingerprint density at radius 2 is 2.00 bits per heavy atom. The van der Waals surface area contributed by atoms with Gasteiger partial charge in [-0.3, -0.25) is 0 Å². The first-order chi connectivity index (χ1) is 4.48. The van der Waals surface area contributed by atoms with Crippen molar-refractivity contribution in [3.05, 3.63) is 12.7 Å². The Labute approximate surface area is 60.9 Å². The molecule has 10 heavy (non-hydrogen) atoms. The molecule has 0 saturated carbocycles. The van der Waals surface area contributed by atoms with E-state index in [4.69, 9.17) is 0 Å². The van der Waals surface area contributed by atoms with Crippen LogP contribution >= 0.6 is 0 Å². The molecule has 0 aromatic heterocycles. The number of hydrogen-bond donors (Lipinski definition) is 0. The zero-order valence-electron chi connectivity index (χ0n) is 6.53. The van der Waals surface area contributed by atoms with E-state index in [9.17, 15) is 8.78 Å². The molecule has 0 N–H and O–H groups in total. The van der Waals surface area contributed by atoms with Gasteiger partial charge in [-0.2, -0.15) is 0 Å². The first-order valence-corrected chi connectivity index (χ1v) is 3.37. The van der Waals surface area contributed by atoms with Crippen LogP contribution in [0.15, 0.2) is 12.7 Å². The Balaban J connectivity index is 3.73. The fraction of sp³-hybridized carbons (Fsp3) is 0.750. The molecule has 0 aliphatic heterocycles. The van der Waals surface area contributed by atoms with E-state index in [1.807, 2.05) is 13.8 Å². The lowest BCUT2D eigenvalue weighted by molar-refractivity contribution is 0.0885. The molecule has 0 rings (SSSR count). The summed E-state index contributed by atoms with van der Waals surface area (Å²) in [7, 11) is 0. The molecule has 0 heterocycles. The van der Waals surface area contributed by atoms with Crippen molar-refractivity contribution in [3.8, 4) is 0 Å². The monoisotopic (exact) mass is 148 g/mol. The molecule has 0 aliphatic carbocycles. The second kappa shape index (κ2) is 3.69. The molecule has 0 bridgehead atoms. The van der Waals surface area contributed by atoms with Crippen LogP contribution in [0.4, 0.5) is 8.78 Å². The van der Waals surface area contributed by atoms with Gasteiger partial charge in [0.25, 0.3) is 0 Å². The van der Waals surface area contributed by atoms with E-state index < -0.39 is 6.43 Å². The minimum absolute atomic E-state index is 0.0426. The molecule has 0 amide bonds. The number of alkyl halides is 2. The molecular formula is C8H14F2. The van der Waals surface area contributed by atoms with Crippen LogP contribution < -0.4 is 0 Å². The highest BCUT2D eigenvalue weighted by Gasteiger charge is 2.20. The van der Waals surface area contributed by atoms with Gasteiger partial charge in [0, 0.05) is 6.42 Å². The normalized spacial score (nSPS) is 12.1. The second-order valence-corrected chi connectivity index (χ2v) is 3.25. The zero-order valence-corrected chi connectivity index (χ0v) is 6.53. The summed E-state index contributed by atoms with van der Waals surface area (Å²) in [6.07, 6.45) is 0.0913. The maximum Gasteiger partial charge on any atom is 0.239 e.